The molecule has 8 nitrogen and oxygen atoms in total. The molecule has 1 aliphatic heterocycles. The topological polar surface area (TPSA) is 83.5 Å². The van der Waals surface area contributed by atoms with Crippen LogP contribution in [0.2, 0.25) is 0 Å². The van der Waals surface area contributed by atoms with Crippen LogP contribution >= 0.6 is 0 Å². The highest BCUT2D eigenvalue weighted by Gasteiger charge is 2.26. The number of rotatable bonds is 7. The molecule has 1 fully saturated rings. The van der Waals surface area contributed by atoms with Gasteiger partial charge in [0, 0.05) is 13.1 Å². The number of carbonyl (C=O) groups is 2. The lowest BCUT2D eigenvalue weighted by Gasteiger charge is -2.35. The Bertz CT molecular complexity index is 641. The average Bonchev–Trinajstić information content (AvgIpc) is 2.64. The Kier molecular flexibility index (Phi) is 7.29. The van der Waals surface area contributed by atoms with E-state index in [-0.39, 0.29) is 31.1 Å². The van der Waals surface area contributed by atoms with Crippen molar-refractivity contribution in [3.05, 3.63) is 17.7 Å². The molecule has 0 bridgehead atoms. The number of ether oxygens (including phenoxy) is 5. The van der Waals surface area contributed by atoms with Crippen LogP contribution in [0.1, 0.15) is 19.4 Å². The summed E-state index contributed by atoms with van der Waals surface area (Å²) in [6.45, 7) is 4.52. The van der Waals surface area contributed by atoms with Gasteiger partial charge in [0.2, 0.25) is 5.75 Å². The van der Waals surface area contributed by atoms with Gasteiger partial charge in [0.1, 0.15) is 0 Å². The van der Waals surface area contributed by atoms with Crippen LogP contribution in [-0.4, -0.2) is 70.0 Å². The molecule has 1 saturated heterocycles. The van der Waals surface area contributed by atoms with E-state index < -0.39 is 5.97 Å². The number of methoxy groups -OCH3 is 3. The number of amides is 1. The van der Waals surface area contributed by atoms with Crippen molar-refractivity contribution in [2.45, 2.75) is 32.5 Å². The van der Waals surface area contributed by atoms with E-state index in [1.807, 2.05) is 13.8 Å². The lowest BCUT2D eigenvalue weighted by atomic mass is 10.1. The number of nitrogens with zero attached hydrogens (tertiary/aromatic N) is 1. The predicted molar refractivity (Wildman–Crippen MR) is 97.4 cm³/mol. The van der Waals surface area contributed by atoms with Gasteiger partial charge in [-0.2, -0.15) is 0 Å². The molecule has 1 heterocycles. The fourth-order valence-electron chi connectivity index (χ4n) is 3.07. The summed E-state index contributed by atoms with van der Waals surface area (Å²) in [5.41, 5.74) is 0.635. The van der Waals surface area contributed by atoms with Crippen LogP contribution < -0.4 is 14.2 Å². The van der Waals surface area contributed by atoms with Gasteiger partial charge in [0.05, 0.1) is 40.0 Å². The molecule has 0 saturated carbocycles. The van der Waals surface area contributed by atoms with Crippen LogP contribution in [0.15, 0.2) is 12.1 Å². The van der Waals surface area contributed by atoms with E-state index in [1.165, 1.54) is 21.3 Å². The molecule has 1 aromatic carbocycles. The number of carbonyl (C=O) groups excluding carboxylic acids is 2. The van der Waals surface area contributed by atoms with E-state index in [9.17, 15) is 9.59 Å². The average molecular weight is 381 g/mol. The highest BCUT2D eigenvalue weighted by atomic mass is 16.5. The monoisotopic (exact) mass is 381 g/mol. The van der Waals surface area contributed by atoms with Gasteiger partial charge >= 0.3 is 5.97 Å². The van der Waals surface area contributed by atoms with E-state index in [1.54, 1.807) is 17.0 Å². The molecule has 0 N–H and O–H groups in total. The molecule has 0 aromatic heterocycles. The van der Waals surface area contributed by atoms with Gasteiger partial charge in [-0.05, 0) is 31.5 Å². The zero-order valence-corrected chi connectivity index (χ0v) is 16.4. The maximum atomic E-state index is 12.3. The minimum absolute atomic E-state index is 0.0140. The lowest BCUT2D eigenvalue weighted by Crippen LogP contribution is -2.49. The minimum atomic E-state index is -0.507. The first-order chi connectivity index (χ1) is 12.9. The fourth-order valence-corrected chi connectivity index (χ4v) is 3.07. The van der Waals surface area contributed by atoms with Gasteiger partial charge in [-0.1, -0.05) is 0 Å². The molecular formula is C19H27NO7. The lowest BCUT2D eigenvalue weighted by molar-refractivity contribution is -0.156. The van der Waals surface area contributed by atoms with Gasteiger partial charge in [-0.3, -0.25) is 9.59 Å². The summed E-state index contributed by atoms with van der Waals surface area (Å²) in [6.07, 6.45) is -0.0832. The number of hydrogen-bond acceptors (Lipinski definition) is 7. The highest BCUT2D eigenvalue weighted by molar-refractivity contribution is 5.81. The van der Waals surface area contributed by atoms with Crippen LogP contribution in [-0.2, 0) is 25.5 Å². The number of benzene rings is 1. The predicted octanol–water partition coefficient (Wildman–Crippen LogP) is 1.43. The minimum Gasteiger partial charge on any atom is -0.493 e. The third-order valence-corrected chi connectivity index (χ3v) is 4.20. The molecule has 2 atom stereocenters. The van der Waals surface area contributed by atoms with Crippen molar-refractivity contribution in [2.24, 2.45) is 0 Å². The van der Waals surface area contributed by atoms with E-state index in [4.69, 9.17) is 23.7 Å². The summed E-state index contributed by atoms with van der Waals surface area (Å²) in [6, 6.07) is 3.35. The number of morpholine rings is 1. The van der Waals surface area contributed by atoms with E-state index in [0.717, 1.165) is 0 Å². The SMILES string of the molecule is COc1cc(CC(=O)OCC(=O)N2C[C@@H](C)O[C@@H](C)C2)cc(OC)c1OC. The normalized spacial score (nSPS) is 19.4. The second kappa shape index (κ2) is 9.45. The van der Waals surface area contributed by atoms with Crippen molar-refractivity contribution in [3.63, 3.8) is 0 Å². The molecule has 27 heavy (non-hydrogen) atoms. The molecule has 0 spiro atoms. The molecule has 1 amide bonds. The molecule has 0 radical (unpaired) electrons. The number of hydrogen-bond donors (Lipinski definition) is 0. The van der Waals surface area contributed by atoms with Crippen LogP contribution in [0.3, 0.4) is 0 Å². The quantitative estimate of drug-likeness (QED) is 0.661. The summed E-state index contributed by atoms with van der Waals surface area (Å²) in [7, 11) is 4.51. The molecule has 150 valence electrons. The summed E-state index contributed by atoms with van der Waals surface area (Å²) in [5.74, 6) is 0.615. The molecule has 0 aliphatic carbocycles. The second-order valence-electron chi connectivity index (χ2n) is 6.43. The van der Waals surface area contributed by atoms with Crippen molar-refractivity contribution in [2.75, 3.05) is 41.0 Å². The van der Waals surface area contributed by atoms with Crippen LogP contribution in [0.4, 0.5) is 0 Å². The van der Waals surface area contributed by atoms with Crippen molar-refractivity contribution >= 4 is 11.9 Å². The van der Waals surface area contributed by atoms with Gasteiger partial charge in [-0.15, -0.1) is 0 Å². The molecule has 8 heteroatoms. The summed E-state index contributed by atoms with van der Waals surface area (Å²) in [4.78, 5) is 26.1. The van der Waals surface area contributed by atoms with E-state index in [0.29, 0.717) is 35.9 Å². The smallest absolute Gasteiger partial charge is 0.310 e. The van der Waals surface area contributed by atoms with Crippen molar-refractivity contribution in [3.8, 4) is 17.2 Å². The molecule has 1 aromatic rings. The van der Waals surface area contributed by atoms with E-state index in [2.05, 4.69) is 0 Å². The zero-order chi connectivity index (χ0) is 20.0. The first-order valence-corrected chi connectivity index (χ1v) is 8.75. The molecule has 0 unspecified atom stereocenters. The van der Waals surface area contributed by atoms with Crippen LogP contribution in [0.5, 0.6) is 17.2 Å². The first kappa shape index (κ1) is 20.8. The van der Waals surface area contributed by atoms with Crippen LogP contribution in [0.25, 0.3) is 0 Å². The third kappa shape index (κ3) is 5.50. The highest BCUT2D eigenvalue weighted by Crippen LogP contribution is 2.38. The summed E-state index contributed by atoms with van der Waals surface area (Å²) >= 11 is 0. The van der Waals surface area contributed by atoms with Gasteiger partial charge in [0.25, 0.3) is 5.91 Å². The van der Waals surface area contributed by atoms with E-state index >= 15 is 0 Å². The Hall–Kier alpha value is -2.48. The summed E-state index contributed by atoms with van der Waals surface area (Å²) in [5, 5.41) is 0. The summed E-state index contributed by atoms with van der Waals surface area (Å²) < 4.78 is 26.5. The second-order valence-corrected chi connectivity index (χ2v) is 6.43. The molecular weight excluding hydrogens is 354 g/mol. The van der Waals surface area contributed by atoms with Gasteiger partial charge < -0.3 is 28.6 Å². The van der Waals surface area contributed by atoms with Crippen molar-refractivity contribution < 1.29 is 33.3 Å². The van der Waals surface area contributed by atoms with Crippen molar-refractivity contribution in [1.29, 1.82) is 0 Å². The van der Waals surface area contributed by atoms with Crippen molar-refractivity contribution in [1.82, 2.24) is 4.90 Å². The largest absolute Gasteiger partial charge is 0.493 e. The Morgan fingerprint density at radius 2 is 1.59 bits per heavy atom. The maximum Gasteiger partial charge on any atom is 0.310 e. The first-order valence-electron chi connectivity index (χ1n) is 8.75. The molecule has 2 rings (SSSR count). The number of esters is 1. The Morgan fingerprint density at radius 3 is 2.07 bits per heavy atom. The standard InChI is InChI=1S/C19H27NO7/c1-12-9-20(10-13(2)27-12)17(21)11-26-18(22)8-14-6-15(23-3)19(25-5)16(7-14)24-4/h6-7,12-13H,8-11H2,1-5H3/t12-,13+. The Labute approximate surface area is 159 Å². The van der Waals surface area contributed by atoms with Gasteiger partial charge in [-0.25, -0.2) is 0 Å². The van der Waals surface area contributed by atoms with Crippen LogP contribution in [0, 0.1) is 0 Å². The zero-order valence-electron chi connectivity index (χ0n) is 16.4. The molecule has 1 aliphatic rings. The third-order valence-electron chi connectivity index (χ3n) is 4.20. The Morgan fingerprint density at radius 1 is 1.04 bits per heavy atom. The fraction of sp³-hybridized carbons (Fsp3) is 0.579. The Balaban J connectivity index is 1.94. The maximum absolute atomic E-state index is 12.3. The van der Waals surface area contributed by atoms with Gasteiger partial charge in [0.15, 0.2) is 18.1 Å².